The first-order valence-corrected chi connectivity index (χ1v) is 9.29. The van der Waals surface area contributed by atoms with E-state index in [2.05, 4.69) is 36.9 Å². The van der Waals surface area contributed by atoms with Crippen LogP contribution in [-0.4, -0.2) is 43.8 Å². The third-order valence-corrected chi connectivity index (χ3v) is 5.32. The summed E-state index contributed by atoms with van der Waals surface area (Å²) in [6.07, 6.45) is 3.48. The lowest BCUT2D eigenvalue weighted by Crippen LogP contribution is -2.48. The molecule has 0 N–H and O–H groups in total. The monoisotopic (exact) mass is 364 g/mol. The number of carbonyl (C=O) groups excluding carboxylic acids is 1. The van der Waals surface area contributed by atoms with Crippen molar-refractivity contribution in [3.05, 3.63) is 59.2 Å². The van der Waals surface area contributed by atoms with Gasteiger partial charge in [0.05, 0.1) is 0 Å². The Morgan fingerprint density at radius 3 is 2.59 bits per heavy atom. The number of aryl methyl sites for hydroxylation is 1. The van der Waals surface area contributed by atoms with E-state index in [1.807, 2.05) is 29.2 Å². The molecule has 0 radical (unpaired) electrons. The second-order valence-electron chi connectivity index (χ2n) is 6.98. The number of anilines is 1. The highest BCUT2D eigenvalue weighted by Gasteiger charge is 2.21. The fraction of sp³-hybridized carbons (Fsp3) is 0.318. The van der Waals surface area contributed by atoms with Crippen molar-refractivity contribution in [2.75, 3.05) is 37.9 Å². The topological polar surface area (TPSA) is 42.0 Å². The van der Waals surface area contributed by atoms with Gasteiger partial charge in [-0.1, -0.05) is 18.2 Å². The van der Waals surface area contributed by atoms with Crippen molar-refractivity contribution in [3.8, 4) is 11.5 Å². The summed E-state index contributed by atoms with van der Waals surface area (Å²) in [6.45, 7) is 7.74. The summed E-state index contributed by atoms with van der Waals surface area (Å²) in [4.78, 5) is 16.8. The van der Waals surface area contributed by atoms with Gasteiger partial charge in [0, 0.05) is 37.9 Å². The highest BCUT2D eigenvalue weighted by molar-refractivity contribution is 5.92. The molecule has 0 saturated carbocycles. The van der Waals surface area contributed by atoms with E-state index in [1.165, 1.54) is 16.8 Å². The lowest BCUT2D eigenvalue weighted by atomic mass is 10.1. The summed E-state index contributed by atoms with van der Waals surface area (Å²) < 4.78 is 10.7. The first-order valence-electron chi connectivity index (χ1n) is 9.29. The molecule has 0 aromatic heterocycles. The van der Waals surface area contributed by atoms with E-state index in [4.69, 9.17) is 9.47 Å². The standard InChI is InChI=1S/C22H24N2O3/c1-16-4-3-5-19(17(16)2)23-10-12-24(13-11-23)22(25)9-7-18-6-8-20-21(14-18)27-15-26-20/h3-9,14H,10-13,15H2,1-2H3/b9-7+. The SMILES string of the molecule is Cc1cccc(N2CCN(C(=O)/C=C/c3ccc4c(c3)OCO4)CC2)c1C. The van der Waals surface area contributed by atoms with Gasteiger partial charge in [-0.2, -0.15) is 0 Å². The Balaban J connectivity index is 1.36. The molecule has 5 heteroatoms. The Hall–Kier alpha value is -2.95. The summed E-state index contributed by atoms with van der Waals surface area (Å²) >= 11 is 0. The summed E-state index contributed by atoms with van der Waals surface area (Å²) in [5, 5.41) is 0. The number of hydrogen-bond acceptors (Lipinski definition) is 4. The van der Waals surface area contributed by atoms with Crippen molar-refractivity contribution in [1.29, 1.82) is 0 Å². The molecule has 2 heterocycles. The van der Waals surface area contributed by atoms with Crippen molar-refractivity contribution < 1.29 is 14.3 Å². The van der Waals surface area contributed by atoms with Gasteiger partial charge in [0.25, 0.3) is 0 Å². The number of rotatable bonds is 3. The molecule has 27 heavy (non-hydrogen) atoms. The molecule has 4 rings (SSSR count). The third kappa shape index (κ3) is 3.63. The molecule has 2 aliphatic heterocycles. The Morgan fingerprint density at radius 1 is 1.00 bits per heavy atom. The molecule has 2 aromatic rings. The second-order valence-corrected chi connectivity index (χ2v) is 6.98. The number of fused-ring (bicyclic) bond motifs is 1. The molecular formula is C22H24N2O3. The lowest BCUT2D eigenvalue weighted by molar-refractivity contribution is -0.126. The van der Waals surface area contributed by atoms with Gasteiger partial charge in [-0.3, -0.25) is 4.79 Å². The molecular weight excluding hydrogens is 340 g/mol. The van der Waals surface area contributed by atoms with E-state index in [9.17, 15) is 4.79 Å². The molecule has 1 amide bonds. The summed E-state index contributed by atoms with van der Waals surface area (Å²) in [5.41, 5.74) is 4.83. The van der Waals surface area contributed by atoms with Gasteiger partial charge in [-0.15, -0.1) is 0 Å². The van der Waals surface area contributed by atoms with Gasteiger partial charge in [-0.05, 0) is 54.8 Å². The van der Waals surface area contributed by atoms with Crippen molar-refractivity contribution >= 4 is 17.7 Å². The quantitative estimate of drug-likeness (QED) is 0.783. The van der Waals surface area contributed by atoms with E-state index in [0.29, 0.717) is 0 Å². The molecule has 0 atom stereocenters. The molecule has 0 bridgehead atoms. The van der Waals surface area contributed by atoms with Crippen LogP contribution in [0.1, 0.15) is 16.7 Å². The minimum atomic E-state index is 0.0493. The minimum absolute atomic E-state index is 0.0493. The van der Waals surface area contributed by atoms with Gasteiger partial charge in [0.15, 0.2) is 11.5 Å². The zero-order valence-corrected chi connectivity index (χ0v) is 15.8. The van der Waals surface area contributed by atoms with E-state index >= 15 is 0 Å². The minimum Gasteiger partial charge on any atom is -0.454 e. The largest absolute Gasteiger partial charge is 0.454 e. The maximum Gasteiger partial charge on any atom is 0.246 e. The number of piperazine rings is 1. The van der Waals surface area contributed by atoms with E-state index in [-0.39, 0.29) is 12.7 Å². The van der Waals surface area contributed by atoms with Gasteiger partial charge in [0.2, 0.25) is 12.7 Å². The fourth-order valence-electron chi connectivity index (χ4n) is 3.54. The molecule has 0 spiro atoms. The molecule has 1 saturated heterocycles. The van der Waals surface area contributed by atoms with Crippen LogP contribution in [0.2, 0.25) is 0 Å². The predicted octanol–water partition coefficient (Wildman–Crippen LogP) is 3.39. The second kappa shape index (κ2) is 7.35. The van der Waals surface area contributed by atoms with E-state index in [1.54, 1.807) is 6.08 Å². The van der Waals surface area contributed by atoms with Gasteiger partial charge in [0.1, 0.15) is 0 Å². The lowest BCUT2D eigenvalue weighted by Gasteiger charge is -2.36. The molecule has 0 aliphatic carbocycles. The molecule has 2 aliphatic rings. The molecule has 2 aromatic carbocycles. The normalized spacial score (nSPS) is 16.2. The van der Waals surface area contributed by atoms with Gasteiger partial charge in [-0.25, -0.2) is 0 Å². The zero-order chi connectivity index (χ0) is 18.8. The molecule has 0 unspecified atom stereocenters. The number of benzene rings is 2. The van der Waals surface area contributed by atoms with Crippen LogP contribution < -0.4 is 14.4 Å². The molecule has 140 valence electrons. The average Bonchev–Trinajstić information content (AvgIpc) is 3.16. The van der Waals surface area contributed by atoms with Crippen LogP contribution in [0.15, 0.2) is 42.5 Å². The van der Waals surface area contributed by atoms with Crippen LogP contribution >= 0.6 is 0 Å². The Kier molecular flexibility index (Phi) is 4.75. The van der Waals surface area contributed by atoms with Gasteiger partial charge < -0.3 is 19.3 Å². The fourth-order valence-corrected chi connectivity index (χ4v) is 3.54. The van der Waals surface area contributed by atoms with Crippen LogP contribution in [0, 0.1) is 13.8 Å². The highest BCUT2D eigenvalue weighted by Crippen LogP contribution is 2.32. The Labute approximate surface area is 159 Å². The van der Waals surface area contributed by atoms with Crippen molar-refractivity contribution in [3.63, 3.8) is 0 Å². The van der Waals surface area contributed by atoms with Gasteiger partial charge >= 0.3 is 0 Å². The van der Waals surface area contributed by atoms with Crippen LogP contribution in [0.25, 0.3) is 6.08 Å². The van der Waals surface area contributed by atoms with Crippen LogP contribution in [0.4, 0.5) is 5.69 Å². The Morgan fingerprint density at radius 2 is 1.78 bits per heavy atom. The van der Waals surface area contributed by atoms with Crippen molar-refractivity contribution in [1.82, 2.24) is 4.90 Å². The van der Waals surface area contributed by atoms with E-state index < -0.39 is 0 Å². The maximum absolute atomic E-state index is 12.5. The van der Waals surface area contributed by atoms with Crippen molar-refractivity contribution in [2.24, 2.45) is 0 Å². The van der Waals surface area contributed by atoms with Crippen LogP contribution in [0.5, 0.6) is 11.5 Å². The van der Waals surface area contributed by atoms with Crippen LogP contribution in [0.3, 0.4) is 0 Å². The predicted molar refractivity (Wildman–Crippen MR) is 106 cm³/mol. The zero-order valence-electron chi connectivity index (χ0n) is 15.8. The first kappa shape index (κ1) is 17.5. The summed E-state index contributed by atoms with van der Waals surface area (Å²) in [7, 11) is 0. The Bertz CT molecular complexity index is 883. The molecule has 1 fully saturated rings. The maximum atomic E-state index is 12.5. The van der Waals surface area contributed by atoms with E-state index in [0.717, 1.165) is 43.2 Å². The first-order chi connectivity index (χ1) is 13.1. The van der Waals surface area contributed by atoms with Crippen LogP contribution in [-0.2, 0) is 4.79 Å². The highest BCUT2D eigenvalue weighted by atomic mass is 16.7. The third-order valence-electron chi connectivity index (χ3n) is 5.32. The van der Waals surface area contributed by atoms with Crippen molar-refractivity contribution in [2.45, 2.75) is 13.8 Å². The number of amides is 1. The summed E-state index contributed by atoms with van der Waals surface area (Å²) in [6, 6.07) is 12.1. The number of nitrogens with zero attached hydrogens (tertiary/aromatic N) is 2. The number of hydrogen-bond donors (Lipinski definition) is 0. The number of carbonyl (C=O) groups is 1. The summed E-state index contributed by atoms with van der Waals surface area (Å²) in [5.74, 6) is 1.53. The number of ether oxygens (including phenoxy) is 2. The molecule has 5 nitrogen and oxygen atoms in total. The average molecular weight is 364 g/mol. The smallest absolute Gasteiger partial charge is 0.246 e.